The highest BCUT2D eigenvalue weighted by Gasteiger charge is 2.18. The van der Waals surface area contributed by atoms with E-state index in [0.29, 0.717) is 6.54 Å². The molecule has 1 atom stereocenters. The number of aliphatic hydroxyl groups is 1. The maximum absolute atomic E-state index is 11.5. The highest BCUT2D eigenvalue weighted by atomic mass is 16.5. The van der Waals surface area contributed by atoms with Crippen LogP contribution in [-0.4, -0.2) is 79.2 Å². The van der Waals surface area contributed by atoms with E-state index in [0.717, 1.165) is 39.3 Å². The number of nitrogens with zero attached hydrogens (tertiary/aromatic N) is 1. The number of aliphatic hydroxyl groups excluding tert-OH is 1. The van der Waals surface area contributed by atoms with Gasteiger partial charge in [-0.3, -0.25) is 4.90 Å². The molecule has 20 heavy (non-hydrogen) atoms. The molecule has 0 aliphatic carbocycles. The first-order chi connectivity index (χ1) is 9.63. The average Bonchev–Trinajstić information content (AvgIpc) is 2.44. The Kier molecular flexibility index (Phi) is 7.93. The molecule has 0 spiro atoms. The molecule has 1 rings (SSSR count). The van der Waals surface area contributed by atoms with Crippen molar-refractivity contribution >= 4 is 12.0 Å². The fraction of sp³-hybridized carbons (Fsp3) is 0.833. The summed E-state index contributed by atoms with van der Waals surface area (Å²) < 4.78 is 5.24. The number of amides is 2. The van der Waals surface area contributed by atoms with Crippen LogP contribution in [0.2, 0.25) is 0 Å². The van der Waals surface area contributed by atoms with Gasteiger partial charge in [-0.2, -0.15) is 0 Å². The zero-order valence-electron chi connectivity index (χ0n) is 11.5. The molecule has 2 amide bonds. The summed E-state index contributed by atoms with van der Waals surface area (Å²) in [6, 6.07) is -1.58. The number of morpholine rings is 1. The zero-order valence-corrected chi connectivity index (χ0v) is 11.5. The first-order valence-electron chi connectivity index (χ1n) is 6.81. The number of urea groups is 1. The molecular formula is C12H23N3O5. The van der Waals surface area contributed by atoms with Gasteiger partial charge in [0.2, 0.25) is 0 Å². The van der Waals surface area contributed by atoms with Crippen molar-refractivity contribution in [3.63, 3.8) is 0 Å². The Bertz CT molecular complexity index is 307. The van der Waals surface area contributed by atoms with Crippen molar-refractivity contribution in [2.24, 2.45) is 0 Å². The lowest BCUT2D eigenvalue weighted by Crippen LogP contribution is -2.47. The molecule has 0 aromatic heterocycles. The van der Waals surface area contributed by atoms with Crippen molar-refractivity contribution in [3.05, 3.63) is 0 Å². The second-order valence-corrected chi connectivity index (χ2v) is 4.61. The van der Waals surface area contributed by atoms with E-state index in [1.165, 1.54) is 0 Å². The molecule has 1 saturated heterocycles. The van der Waals surface area contributed by atoms with E-state index >= 15 is 0 Å². The van der Waals surface area contributed by atoms with Gasteiger partial charge in [0.05, 0.1) is 13.2 Å². The maximum atomic E-state index is 11.5. The summed E-state index contributed by atoms with van der Waals surface area (Å²) in [5.41, 5.74) is 0. The Morgan fingerprint density at radius 3 is 2.60 bits per heavy atom. The summed E-state index contributed by atoms with van der Waals surface area (Å²) in [5, 5.41) is 22.5. The van der Waals surface area contributed by atoms with Gasteiger partial charge in [0.15, 0.2) is 0 Å². The molecule has 0 radical (unpaired) electrons. The van der Waals surface area contributed by atoms with E-state index in [1.54, 1.807) is 0 Å². The van der Waals surface area contributed by atoms with E-state index in [9.17, 15) is 9.59 Å². The average molecular weight is 289 g/mol. The minimum Gasteiger partial charge on any atom is -0.480 e. The third kappa shape index (κ3) is 6.69. The maximum Gasteiger partial charge on any atom is 0.326 e. The van der Waals surface area contributed by atoms with E-state index in [4.69, 9.17) is 14.9 Å². The summed E-state index contributed by atoms with van der Waals surface area (Å²) in [6.45, 7) is 4.38. The minimum atomic E-state index is -1.15. The predicted molar refractivity (Wildman–Crippen MR) is 71.5 cm³/mol. The number of nitrogens with one attached hydrogen (secondary N) is 2. The molecule has 0 saturated carbocycles. The van der Waals surface area contributed by atoms with Crippen LogP contribution in [0.4, 0.5) is 4.79 Å². The summed E-state index contributed by atoms with van der Waals surface area (Å²) in [6.07, 6.45) is 0.793. The Balaban J connectivity index is 2.10. The normalized spacial score (nSPS) is 17.4. The van der Waals surface area contributed by atoms with Gasteiger partial charge in [0, 0.05) is 32.7 Å². The molecule has 1 fully saturated rings. The molecule has 116 valence electrons. The fourth-order valence-corrected chi connectivity index (χ4v) is 1.93. The van der Waals surface area contributed by atoms with E-state index < -0.39 is 18.0 Å². The van der Waals surface area contributed by atoms with Crippen LogP contribution >= 0.6 is 0 Å². The molecule has 8 heteroatoms. The van der Waals surface area contributed by atoms with Gasteiger partial charge in [-0.1, -0.05) is 0 Å². The van der Waals surface area contributed by atoms with E-state index in [-0.39, 0.29) is 13.0 Å². The van der Waals surface area contributed by atoms with Crippen LogP contribution in [0.1, 0.15) is 12.8 Å². The Morgan fingerprint density at radius 2 is 2.00 bits per heavy atom. The summed E-state index contributed by atoms with van der Waals surface area (Å²) in [4.78, 5) is 24.5. The lowest BCUT2D eigenvalue weighted by molar-refractivity contribution is -0.139. The predicted octanol–water partition coefficient (Wildman–Crippen LogP) is -1.16. The molecule has 1 aliphatic rings. The van der Waals surface area contributed by atoms with Crippen LogP contribution < -0.4 is 10.6 Å². The summed E-state index contributed by atoms with van der Waals surface area (Å²) in [7, 11) is 0. The Labute approximate surface area is 118 Å². The third-order valence-corrected chi connectivity index (χ3v) is 3.06. The summed E-state index contributed by atoms with van der Waals surface area (Å²) in [5.74, 6) is -1.15. The molecular weight excluding hydrogens is 266 g/mol. The van der Waals surface area contributed by atoms with Crippen LogP contribution in [0.5, 0.6) is 0 Å². The van der Waals surface area contributed by atoms with Gasteiger partial charge in [-0.15, -0.1) is 0 Å². The Morgan fingerprint density at radius 1 is 1.30 bits per heavy atom. The van der Waals surface area contributed by atoms with Crippen molar-refractivity contribution in [1.82, 2.24) is 15.5 Å². The zero-order chi connectivity index (χ0) is 14.8. The number of carbonyl (C=O) groups excluding carboxylic acids is 1. The first-order valence-corrected chi connectivity index (χ1v) is 6.81. The van der Waals surface area contributed by atoms with Gasteiger partial charge in [-0.05, 0) is 13.0 Å². The van der Waals surface area contributed by atoms with Gasteiger partial charge < -0.3 is 25.6 Å². The molecule has 4 N–H and O–H groups in total. The van der Waals surface area contributed by atoms with Crippen LogP contribution in [0, 0.1) is 0 Å². The SMILES string of the molecule is O=C(NCCCN1CCOCC1)N[C@@H](CCO)C(=O)O. The summed E-state index contributed by atoms with van der Waals surface area (Å²) >= 11 is 0. The molecule has 0 aromatic carbocycles. The van der Waals surface area contributed by atoms with Crippen molar-refractivity contribution in [3.8, 4) is 0 Å². The molecule has 0 aromatic rings. The second kappa shape index (κ2) is 9.51. The topological polar surface area (TPSA) is 111 Å². The number of rotatable bonds is 8. The van der Waals surface area contributed by atoms with Crippen molar-refractivity contribution in [2.75, 3.05) is 46.0 Å². The van der Waals surface area contributed by atoms with Crippen LogP contribution in [0.15, 0.2) is 0 Å². The monoisotopic (exact) mass is 289 g/mol. The van der Waals surface area contributed by atoms with E-state index in [1.807, 2.05) is 0 Å². The van der Waals surface area contributed by atoms with E-state index in [2.05, 4.69) is 15.5 Å². The minimum absolute atomic E-state index is 0.00344. The first kappa shape index (κ1) is 16.7. The van der Waals surface area contributed by atoms with Crippen molar-refractivity contribution < 1.29 is 24.5 Å². The molecule has 0 unspecified atom stereocenters. The third-order valence-electron chi connectivity index (χ3n) is 3.06. The van der Waals surface area contributed by atoms with Gasteiger partial charge in [0.25, 0.3) is 0 Å². The lowest BCUT2D eigenvalue weighted by Gasteiger charge is -2.26. The smallest absolute Gasteiger partial charge is 0.326 e. The van der Waals surface area contributed by atoms with Crippen LogP contribution in [0.3, 0.4) is 0 Å². The van der Waals surface area contributed by atoms with Crippen molar-refractivity contribution in [2.45, 2.75) is 18.9 Å². The number of aliphatic carboxylic acids is 1. The fourth-order valence-electron chi connectivity index (χ4n) is 1.93. The quantitative estimate of drug-likeness (QED) is 0.420. The van der Waals surface area contributed by atoms with Crippen LogP contribution in [-0.2, 0) is 9.53 Å². The molecule has 8 nitrogen and oxygen atoms in total. The number of carboxylic acids is 1. The number of ether oxygens (including phenoxy) is 1. The highest BCUT2D eigenvalue weighted by Crippen LogP contribution is 1.97. The second-order valence-electron chi connectivity index (χ2n) is 4.61. The molecule has 1 aliphatic heterocycles. The number of hydrogen-bond acceptors (Lipinski definition) is 5. The molecule has 1 heterocycles. The van der Waals surface area contributed by atoms with Crippen LogP contribution in [0.25, 0.3) is 0 Å². The number of hydrogen-bond donors (Lipinski definition) is 4. The standard InChI is InChI=1S/C12H23N3O5/c16-7-2-10(11(17)18)14-12(19)13-3-1-4-15-5-8-20-9-6-15/h10,16H,1-9H2,(H,17,18)(H2,13,14,19)/t10-/m0/s1. The molecule has 0 bridgehead atoms. The Hall–Kier alpha value is -1.38. The van der Waals surface area contributed by atoms with Crippen molar-refractivity contribution in [1.29, 1.82) is 0 Å². The van der Waals surface area contributed by atoms with Gasteiger partial charge >= 0.3 is 12.0 Å². The van der Waals surface area contributed by atoms with Gasteiger partial charge in [0.1, 0.15) is 6.04 Å². The largest absolute Gasteiger partial charge is 0.480 e. The number of carboxylic acid groups (broad SMARTS) is 1. The van der Waals surface area contributed by atoms with Gasteiger partial charge in [-0.25, -0.2) is 9.59 Å². The highest BCUT2D eigenvalue weighted by molar-refractivity contribution is 5.82. The lowest BCUT2D eigenvalue weighted by atomic mass is 10.2. The number of carbonyl (C=O) groups is 2.